The molecule has 0 N–H and O–H groups in total. The van der Waals surface area contributed by atoms with Gasteiger partial charge in [0.25, 0.3) is 0 Å². The molecule has 0 radical (unpaired) electrons. The van der Waals surface area contributed by atoms with E-state index in [1.807, 2.05) is 6.92 Å². The van der Waals surface area contributed by atoms with Crippen LogP contribution in [0.5, 0.6) is 0 Å². The van der Waals surface area contributed by atoms with Crippen molar-refractivity contribution < 1.29 is 37.7 Å². The van der Waals surface area contributed by atoms with Gasteiger partial charge in [-0.3, -0.25) is 0 Å². The van der Waals surface area contributed by atoms with Gasteiger partial charge in [0, 0.05) is 0 Å². The van der Waals surface area contributed by atoms with Crippen LogP contribution < -0.4 is 37.7 Å². The van der Waals surface area contributed by atoms with Gasteiger partial charge in [0.2, 0.25) is 0 Å². The zero-order valence-corrected chi connectivity index (χ0v) is 4.73. The van der Waals surface area contributed by atoms with Gasteiger partial charge in [-0.2, -0.15) is 6.92 Å². The number of hydrogen-bond donors (Lipinski definition) is 0. The molecule has 0 rings (SSSR count). The van der Waals surface area contributed by atoms with E-state index in [0.717, 1.165) is 0 Å². The standard InChI is InChI=1S/C4H6.2Li/c1-3-4-2;;/h1,3-4H,2H3;;/q-2;2*+1. The molecular formula is C4H6Li2. The molecule has 0 nitrogen and oxygen atoms in total. The summed E-state index contributed by atoms with van der Waals surface area (Å²) in [6.45, 7) is 6.72. The third kappa shape index (κ3) is 21.4. The van der Waals surface area contributed by atoms with Crippen molar-refractivity contribution in [3.8, 4) is 0 Å². The van der Waals surface area contributed by atoms with Crippen LogP contribution in [0.2, 0.25) is 0 Å². The minimum absolute atomic E-state index is 0. The molecule has 0 saturated carbocycles. The van der Waals surface area contributed by atoms with E-state index in [1.165, 1.54) is 6.08 Å². The maximum absolute atomic E-state index is 4.85. The first kappa shape index (κ1) is 15.8. The zero-order chi connectivity index (χ0) is 3.41. The van der Waals surface area contributed by atoms with Crippen molar-refractivity contribution in [2.24, 2.45) is 0 Å². The summed E-state index contributed by atoms with van der Waals surface area (Å²) in [4.78, 5) is 0. The average molecular weight is 68.0 g/mol. The fraction of sp³-hybridized carbons (Fsp3) is 0.250. The molecule has 24 valence electrons. The molecule has 0 aliphatic heterocycles. The Hall–Kier alpha value is 0.805. The minimum atomic E-state index is 0. The molecule has 0 aromatic rings. The fourth-order valence-corrected chi connectivity index (χ4v) is 0. The Bertz CT molecular complexity index is 19.5. The normalized spacial score (nSPS) is 3.50. The summed E-state index contributed by atoms with van der Waals surface area (Å²) in [7, 11) is 0. The molecule has 0 fully saturated rings. The number of rotatable bonds is 1. The number of hydrogen-bond acceptors (Lipinski definition) is 0. The molecule has 2 heteroatoms. The van der Waals surface area contributed by atoms with Gasteiger partial charge in [-0.15, -0.1) is 0 Å². The molecule has 0 unspecified atom stereocenters. The maximum atomic E-state index is 4.85. The molecule has 0 atom stereocenters. The van der Waals surface area contributed by atoms with Gasteiger partial charge in [-0.05, 0) is 0 Å². The molecule has 0 heterocycles. The second-order valence-corrected chi connectivity index (χ2v) is 0.526. The summed E-state index contributed by atoms with van der Waals surface area (Å²) in [5.74, 6) is 0. The van der Waals surface area contributed by atoms with Crippen LogP contribution in [-0.4, -0.2) is 0 Å². The van der Waals surface area contributed by atoms with Crippen LogP contribution in [0.25, 0.3) is 0 Å². The third-order valence-corrected chi connectivity index (χ3v) is 0.192. The van der Waals surface area contributed by atoms with E-state index in [-0.39, 0.29) is 37.7 Å². The summed E-state index contributed by atoms with van der Waals surface area (Å²) in [6.07, 6.45) is 3.28. The molecule has 0 saturated heterocycles. The zero-order valence-electron chi connectivity index (χ0n) is 4.73. The van der Waals surface area contributed by atoms with E-state index in [4.69, 9.17) is 6.58 Å². The van der Waals surface area contributed by atoms with Gasteiger partial charge < -0.3 is 19.1 Å². The SMILES string of the molecule is [CH-]=C[CH-]C.[Li+].[Li+]. The summed E-state index contributed by atoms with van der Waals surface area (Å²) >= 11 is 0. The van der Waals surface area contributed by atoms with Crippen molar-refractivity contribution in [3.05, 3.63) is 19.1 Å². The van der Waals surface area contributed by atoms with Gasteiger partial charge in [-0.25, -0.2) is 0 Å². The van der Waals surface area contributed by atoms with Gasteiger partial charge in [0.05, 0.1) is 0 Å². The summed E-state index contributed by atoms with van der Waals surface area (Å²) in [6, 6.07) is 0. The van der Waals surface area contributed by atoms with E-state index in [1.54, 1.807) is 6.42 Å². The van der Waals surface area contributed by atoms with Crippen molar-refractivity contribution in [2.75, 3.05) is 0 Å². The van der Waals surface area contributed by atoms with E-state index in [0.29, 0.717) is 0 Å². The molecule has 0 aliphatic carbocycles. The summed E-state index contributed by atoms with van der Waals surface area (Å²) in [5, 5.41) is 0. The Kier molecular flexibility index (Phi) is 45.0. The first-order valence-electron chi connectivity index (χ1n) is 1.24. The molecular weight excluding hydrogens is 61.9 g/mol. The smallest absolute Gasteiger partial charge is 0.549 e. The minimum Gasteiger partial charge on any atom is -0.549 e. The quantitative estimate of drug-likeness (QED) is 0.214. The second-order valence-electron chi connectivity index (χ2n) is 0.526. The molecule has 6 heavy (non-hydrogen) atoms. The molecule has 0 bridgehead atoms. The Morgan fingerprint density at radius 3 is 1.67 bits per heavy atom. The molecule has 0 aliphatic rings. The van der Waals surface area contributed by atoms with Crippen molar-refractivity contribution in [1.82, 2.24) is 0 Å². The van der Waals surface area contributed by atoms with E-state index < -0.39 is 0 Å². The van der Waals surface area contributed by atoms with Crippen LogP contribution in [0.3, 0.4) is 0 Å². The molecule has 0 aromatic carbocycles. The third-order valence-electron chi connectivity index (χ3n) is 0.192. The van der Waals surface area contributed by atoms with Crippen molar-refractivity contribution >= 4 is 0 Å². The van der Waals surface area contributed by atoms with Crippen LogP contribution in [0.15, 0.2) is 6.08 Å². The van der Waals surface area contributed by atoms with Crippen molar-refractivity contribution in [3.63, 3.8) is 0 Å². The second kappa shape index (κ2) is 17.0. The van der Waals surface area contributed by atoms with E-state index in [2.05, 4.69) is 0 Å². The largest absolute Gasteiger partial charge is 1.00 e. The Morgan fingerprint density at radius 1 is 1.50 bits per heavy atom. The predicted octanol–water partition coefficient (Wildman–Crippen LogP) is -4.79. The van der Waals surface area contributed by atoms with Crippen molar-refractivity contribution in [2.45, 2.75) is 6.92 Å². The predicted molar refractivity (Wildman–Crippen MR) is 18.8 cm³/mol. The van der Waals surface area contributed by atoms with Crippen LogP contribution >= 0.6 is 0 Å². The summed E-state index contributed by atoms with van der Waals surface area (Å²) < 4.78 is 0. The van der Waals surface area contributed by atoms with Crippen LogP contribution in [0.1, 0.15) is 6.92 Å². The van der Waals surface area contributed by atoms with E-state index in [9.17, 15) is 0 Å². The van der Waals surface area contributed by atoms with Crippen LogP contribution in [0.4, 0.5) is 0 Å². The molecule has 0 aromatic heterocycles. The van der Waals surface area contributed by atoms with Crippen molar-refractivity contribution in [1.29, 1.82) is 0 Å². The van der Waals surface area contributed by atoms with Crippen LogP contribution in [0, 0.1) is 13.0 Å². The average Bonchev–Trinajstić information content (AvgIpc) is 1.37. The monoisotopic (exact) mass is 68.1 g/mol. The van der Waals surface area contributed by atoms with Gasteiger partial charge >= 0.3 is 37.7 Å². The van der Waals surface area contributed by atoms with Crippen LogP contribution in [-0.2, 0) is 0 Å². The topological polar surface area (TPSA) is 0 Å². The number of allylic oxidation sites excluding steroid dienone is 1. The first-order chi connectivity index (χ1) is 1.91. The molecule has 0 amide bonds. The van der Waals surface area contributed by atoms with Gasteiger partial charge in [0.15, 0.2) is 0 Å². The van der Waals surface area contributed by atoms with Gasteiger partial charge in [-0.1, -0.05) is 0 Å². The Labute approximate surface area is 63.7 Å². The Morgan fingerprint density at radius 2 is 1.67 bits per heavy atom. The fourth-order valence-electron chi connectivity index (χ4n) is 0. The van der Waals surface area contributed by atoms with Gasteiger partial charge in [0.1, 0.15) is 0 Å². The molecule has 0 spiro atoms. The van der Waals surface area contributed by atoms with E-state index >= 15 is 0 Å². The maximum Gasteiger partial charge on any atom is 1.00 e. The summed E-state index contributed by atoms with van der Waals surface area (Å²) in [5.41, 5.74) is 0. The first-order valence-corrected chi connectivity index (χ1v) is 1.24. The Balaban J connectivity index is -0.0000000450.